The lowest BCUT2D eigenvalue weighted by molar-refractivity contribution is -0.148. The van der Waals surface area contributed by atoms with Crippen molar-refractivity contribution >= 4 is 23.6 Å². The molecule has 304 valence electrons. The Kier molecular flexibility index (Phi) is 20.8. The molecule has 1 rings (SSSR count). The van der Waals surface area contributed by atoms with E-state index in [2.05, 4.69) is 23.8 Å². The molecule has 0 saturated carbocycles. The minimum absolute atomic E-state index is 0.0229. The maximum absolute atomic E-state index is 14.4. The Morgan fingerprint density at radius 1 is 0.925 bits per heavy atom. The third kappa shape index (κ3) is 12.8. The van der Waals surface area contributed by atoms with Gasteiger partial charge in [-0.3, -0.25) is 24.1 Å². The number of hydrogen-bond donors (Lipinski definition) is 3. The van der Waals surface area contributed by atoms with Gasteiger partial charge in [-0.1, -0.05) is 92.7 Å². The molecule has 3 N–H and O–H groups in total. The standard InChI is InChI=1S/C41H73N5O7/c1-16-21-30(19-4)37(48)29(10)42-39(49)28(9)38(53-15)31-22-20-23-46(31)33(47)24-32(52-14)36(27(8)18-3)45(13)41(51)34(26(7)17-2)43-40(50)35(25(5)6)44(11)12/h16,19,21,25-29,31-32,34-38,48H,1,4,17-18,20,22-24H2,2-3,5-15H3,(H,42,49)(H,43,50)/b30-21+/t26?,27?,28?,29?,31?,32?,34-,35?,36?,37?,38?/m0/s1. The van der Waals surface area contributed by atoms with Crippen molar-refractivity contribution in [3.63, 3.8) is 0 Å². The number of methoxy groups -OCH3 is 2. The van der Waals surface area contributed by atoms with Gasteiger partial charge in [-0.05, 0) is 57.2 Å². The average molecular weight is 748 g/mol. The number of carbonyl (C=O) groups excluding carboxylic acids is 4. The molecule has 1 aliphatic rings. The van der Waals surface area contributed by atoms with Crippen molar-refractivity contribution in [3.05, 3.63) is 37.0 Å². The number of nitrogens with one attached hydrogen (secondary N) is 2. The van der Waals surface area contributed by atoms with Gasteiger partial charge in [-0.25, -0.2) is 0 Å². The number of amides is 4. The van der Waals surface area contributed by atoms with E-state index in [9.17, 15) is 24.3 Å². The Hall–Kier alpha value is -3.06. The average Bonchev–Trinajstić information content (AvgIpc) is 3.60. The largest absolute Gasteiger partial charge is 0.386 e. The molecule has 1 aliphatic heterocycles. The predicted molar refractivity (Wildman–Crippen MR) is 212 cm³/mol. The normalized spacial score (nSPS) is 20.7. The molecule has 0 spiro atoms. The van der Waals surface area contributed by atoms with Crippen LogP contribution in [0, 0.1) is 23.7 Å². The topological polar surface area (TPSA) is 141 Å². The summed E-state index contributed by atoms with van der Waals surface area (Å²) in [6, 6.07) is -2.56. The van der Waals surface area contributed by atoms with Crippen molar-refractivity contribution in [1.29, 1.82) is 0 Å². The second-order valence-corrected chi connectivity index (χ2v) is 15.5. The van der Waals surface area contributed by atoms with Gasteiger partial charge in [0.1, 0.15) is 6.04 Å². The fourth-order valence-electron chi connectivity index (χ4n) is 7.73. The zero-order valence-electron chi connectivity index (χ0n) is 35.1. The highest BCUT2D eigenvalue weighted by atomic mass is 16.5. The van der Waals surface area contributed by atoms with Crippen molar-refractivity contribution in [2.75, 3.05) is 41.9 Å². The number of carbonyl (C=O) groups is 4. The molecule has 0 aromatic carbocycles. The fraction of sp³-hybridized carbons (Fsp3) is 0.756. The number of aliphatic hydroxyl groups excluding tert-OH is 1. The van der Waals surface area contributed by atoms with Gasteiger partial charge in [0, 0.05) is 27.8 Å². The van der Waals surface area contributed by atoms with E-state index in [4.69, 9.17) is 9.47 Å². The number of ether oxygens (including phenoxy) is 2. The summed E-state index contributed by atoms with van der Waals surface area (Å²) >= 11 is 0. The first kappa shape index (κ1) is 48.0. The minimum atomic E-state index is -0.978. The predicted octanol–water partition coefficient (Wildman–Crippen LogP) is 4.19. The summed E-state index contributed by atoms with van der Waals surface area (Å²) in [5.41, 5.74) is 0.538. The van der Waals surface area contributed by atoms with Crippen LogP contribution < -0.4 is 10.6 Å². The molecular weight excluding hydrogens is 674 g/mol. The summed E-state index contributed by atoms with van der Waals surface area (Å²) < 4.78 is 11.9. The molecule has 0 radical (unpaired) electrons. The molecule has 0 aromatic heterocycles. The number of hydrogen-bond acceptors (Lipinski definition) is 8. The lowest BCUT2D eigenvalue weighted by atomic mass is 9.88. The van der Waals surface area contributed by atoms with E-state index in [-0.39, 0.29) is 53.8 Å². The van der Waals surface area contributed by atoms with Crippen LogP contribution in [0.15, 0.2) is 37.0 Å². The van der Waals surface area contributed by atoms with Crippen molar-refractivity contribution in [1.82, 2.24) is 25.3 Å². The molecule has 0 aliphatic carbocycles. The third-order valence-electron chi connectivity index (χ3n) is 11.2. The molecule has 11 atom stereocenters. The number of rotatable bonds is 23. The second kappa shape index (κ2) is 23.0. The van der Waals surface area contributed by atoms with Crippen LogP contribution in [-0.2, 0) is 28.7 Å². The highest BCUT2D eigenvalue weighted by molar-refractivity contribution is 5.90. The second-order valence-electron chi connectivity index (χ2n) is 15.5. The first-order valence-electron chi connectivity index (χ1n) is 19.4. The summed E-state index contributed by atoms with van der Waals surface area (Å²) in [5.74, 6) is -1.59. The van der Waals surface area contributed by atoms with Gasteiger partial charge in [0.2, 0.25) is 23.6 Å². The molecular formula is C41H73N5O7. The maximum Gasteiger partial charge on any atom is 0.245 e. The maximum atomic E-state index is 14.4. The fourth-order valence-corrected chi connectivity index (χ4v) is 7.73. The van der Waals surface area contributed by atoms with E-state index < -0.39 is 48.4 Å². The van der Waals surface area contributed by atoms with Crippen LogP contribution in [-0.4, -0.2) is 134 Å². The van der Waals surface area contributed by atoms with Gasteiger partial charge in [0.05, 0.1) is 54.8 Å². The van der Waals surface area contributed by atoms with Gasteiger partial charge in [-0.2, -0.15) is 0 Å². The van der Waals surface area contributed by atoms with E-state index in [0.29, 0.717) is 25.0 Å². The number of likely N-dealkylation sites (N-methyl/N-ethyl adjacent to an activating group) is 2. The van der Waals surface area contributed by atoms with Crippen LogP contribution in [0.3, 0.4) is 0 Å². The molecule has 53 heavy (non-hydrogen) atoms. The number of nitrogens with zero attached hydrogens (tertiary/aromatic N) is 3. The minimum Gasteiger partial charge on any atom is -0.386 e. The van der Waals surface area contributed by atoms with Gasteiger partial charge in [0.25, 0.3) is 0 Å². The SMILES string of the molecule is C=C/C=C(\C=C)C(O)C(C)NC(=O)C(C)C(OC)C1CCCN1C(=O)CC(OC)C(C(C)CC)N(C)C(=O)[C@@H](NC(=O)C(C(C)C)N(C)C)C(C)CC. The zero-order chi connectivity index (χ0) is 40.7. The zero-order valence-corrected chi connectivity index (χ0v) is 35.1. The molecule has 1 saturated heterocycles. The first-order valence-corrected chi connectivity index (χ1v) is 19.4. The van der Waals surface area contributed by atoms with Gasteiger partial charge in [-0.15, -0.1) is 0 Å². The van der Waals surface area contributed by atoms with Gasteiger partial charge >= 0.3 is 0 Å². The molecule has 12 nitrogen and oxygen atoms in total. The van der Waals surface area contributed by atoms with Crippen molar-refractivity contribution in [3.8, 4) is 0 Å². The van der Waals surface area contributed by atoms with E-state index in [1.165, 1.54) is 6.08 Å². The number of aliphatic hydroxyl groups is 1. The Labute approximate surface area is 320 Å². The molecule has 0 aromatic rings. The summed E-state index contributed by atoms with van der Waals surface area (Å²) in [6.07, 6.45) is 5.39. The highest BCUT2D eigenvalue weighted by Crippen LogP contribution is 2.30. The monoisotopic (exact) mass is 748 g/mol. The van der Waals surface area contributed by atoms with Crippen LogP contribution in [0.1, 0.15) is 87.5 Å². The Bertz CT molecular complexity index is 1230. The lowest BCUT2D eigenvalue weighted by Crippen LogP contribution is -2.60. The van der Waals surface area contributed by atoms with E-state index >= 15 is 0 Å². The summed E-state index contributed by atoms with van der Waals surface area (Å²) in [5, 5.41) is 16.8. The molecule has 1 heterocycles. The van der Waals surface area contributed by atoms with E-state index in [0.717, 1.165) is 12.8 Å². The summed E-state index contributed by atoms with van der Waals surface area (Å²) in [4.78, 5) is 60.9. The molecule has 0 bridgehead atoms. The van der Waals surface area contributed by atoms with Crippen LogP contribution in [0.2, 0.25) is 0 Å². The molecule has 10 unspecified atom stereocenters. The van der Waals surface area contributed by atoms with Crippen LogP contribution in [0.4, 0.5) is 0 Å². The number of likely N-dealkylation sites (tertiary alicyclic amines) is 1. The molecule has 1 fully saturated rings. The highest BCUT2D eigenvalue weighted by Gasteiger charge is 2.43. The Balaban J connectivity index is 3.31. The lowest BCUT2D eigenvalue weighted by Gasteiger charge is -2.41. The van der Waals surface area contributed by atoms with Crippen LogP contribution in [0.25, 0.3) is 0 Å². The molecule has 4 amide bonds. The Morgan fingerprint density at radius 2 is 1.53 bits per heavy atom. The van der Waals surface area contributed by atoms with E-state index in [1.807, 2.05) is 60.5 Å². The summed E-state index contributed by atoms with van der Waals surface area (Å²) in [7, 11) is 8.57. The smallest absolute Gasteiger partial charge is 0.245 e. The van der Waals surface area contributed by atoms with E-state index in [1.54, 1.807) is 57.1 Å². The summed E-state index contributed by atoms with van der Waals surface area (Å²) in [6.45, 7) is 23.4. The van der Waals surface area contributed by atoms with Gasteiger partial charge in [0.15, 0.2) is 0 Å². The van der Waals surface area contributed by atoms with Crippen LogP contribution in [0.5, 0.6) is 0 Å². The van der Waals surface area contributed by atoms with Crippen LogP contribution >= 0.6 is 0 Å². The first-order chi connectivity index (χ1) is 24.9. The van der Waals surface area contributed by atoms with Crippen molar-refractivity contribution < 1.29 is 33.8 Å². The third-order valence-corrected chi connectivity index (χ3v) is 11.2. The number of allylic oxidation sites excluding steroid dienone is 2. The quantitative estimate of drug-likeness (QED) is 0.132. The Morgan fingerprint density at radius 3 is 2.00 bits per heavy atom. The molecule has 12 heteroatoms. The van der Waals surface area contributed by atoms with Gasteiger partial charge < -0.3 is 35.0 Å². The van der Waals surface area contributed by atoms with Crippen molar-refractivity contribution in [2.24, 2.45) is 23.7 Å². The van der Waals surface area contributed by atoms with Crippen molar-refractivity contribution in [2.45, 2.75) is 136 Å².